The third-order valence-electron chi connectivity index (χ3n) is 2.26. The molecule has 0 aliphatic carbocycles. The van der Waals surface area contributed by atoms with Crippen LogP contribution in [-0.4, -0.2) is 0 Å². The molecule has 0 aliphatic rings. The van der Waals surface area contributed by atoms with Crippen LogP contribution >= 0.6 is 15.9 Å². The van der Waals surface area contributed by atoms with E-state index in [9.17, 15) is 4.39 Å². The maximum atomic E-state index is 12.9. The minimum atomic E-state index is -0.308. The number of hydrogen-bond donors (Lipinski definition) is 1. The second-order valence-corrected chi connectivity index (χ2v) is 4.46. The van der Waals surface area contributed by atoms with Gasteiger partial charge in [0.15, 0.2) is 0 Å². The van der Waals surface area contributed by atoms with Gasteiger partial charge in [-0.15, -0.1) is 0 Å². The van der Waals surface area contributed by atoms with Crippen molar-refractivity contribution >= 4 is 21.6 Å². The fraction of sp³-hybridized carbons (Fsp3) is 0.0769. The lowest BCUT2D eigenvalue weighted by Gasteiger charge is -2.07. The Balaban J connectivity index is 2.05. The summed E-state index contributed by atoms with van der Waals surface area (Å²) in [5.41, 5.74) is 7.35. The molecular weight excluding hydrogens is 285 g/mol. The predicted molar refractivity (Wildman–Crippen MR) is 69.3 cm³/mol. The van der Waals surface area contributed by atoms with Crippen molar-refractivity contribution in [2.75, 3.05) is 5.73 Å². The number of halogens is 2. The summed E-state index contributed by atoms with van der Waals surface area (Å²) in [4.78, 5) is 0. The van der Waals surface area contributed by atoms with E-state index in [1.54, 1.807) is 12.1 Å². The Kier molecular flexibility index (Phi) is 3.64. The van der Waals surface area contributed by atoms with Crippen LogP contribution in [-0.2, 0) is 6.61 Å². The highest BCUT2D eigenvalue weighted by Crippen LogP contribution is 2.21. The molecule has 0 aromatic heterocycles. The van der Waals surface area contributed by atoms with E-state index in [1.807, 2.05) is 18.2 Å². The van der Waals surface area contributed by atoms with Gasteiger partial charge in [0.2, 0.25) is 0 Å². The molecule has 0 spiro atoms. The van der Waals surface area contributed by atoms with Crippen LogP contribution in [0.2, 0.25) is 0 Å². The summed E-state index contributed by atoms with van der Waals surface area (Å²) in [6.07, 6.45) is 0. The summed E-state index contributed by atoms with van der Waals surface area (Å²) in [6, 6.07) is 11.6. The van der Waals surface area contributed by atoms with Crippen LogP contribution in [0.25, 0.3) is 0 Å². The molecule has 0 heterocycles. The van der Waals surface area contributed by atoms with E-state index >= 15 is 0 Å². The van der Waals surface area contributed by atoms with Crippen molar-refractivity contribution in [1.82, 2.24) is 0 Å². The number of nitrogen functional groups attached to an aromatic ring is 1. The summed E-state index contributed by atoms with van der Waals surface area (Å²) in [7, 11) is 0. The second-order valence-electron chi connectivity index (χ2n) is 3.60. The third kappa shape index (κ3) is 3.20. The van der Waals surface area contributed by atoms with E-state index in [2.05, 4.69) is 15.9 Å². The van der Waals surface area contributed by atoms with Crippen LogP contribution in [0.5, 0.6) is 5.75 Å². The van der Waals surface area contributed by atoms with Gasteiger partial charge in [-0.3, -0.25) is 0 Å². The number of ether oxygens (including phenoxy) is 1. The molecule has 0 saturated heterocycles. The molecule has 17 heavy (non-hydrogen) atoms. The SMILES string of the molecule is Nc1cc(COc2cccc(F)c2)ccc1Br. The average Bonchev–Trinajstić information content (AvgIpc) is 2.31. The second kappa shape index (κ2) is 5.19. The summed E-state index contributed by atoms with van der Waals surface area (Å²) < 4.78 is 19.2. The van der Waals surface area contributed by atoms with Gasteiger partial charge < -0.3 is 10.5 Å². The highest BCUT2D eigenvalue weighted by molar-refractivity contribution is 9.10. The minimum Gasteiger partial charge on any atom is -0.489 e. The van der Waals surface area contributed by atoms with Crippen LogP contribution < -0.4 is 10.5 Å². The Bertz CT molecular complexity index is 531. The van der Waals surface area contributed by atoms with Gasteiger partial charge in [-0.1, -0.05) is 12.1 Å². The molecule has 0 radical (unpaired) electrons. The van der Waals surface area contributed by atoms with Crippen molar-refractivity contribution in [2.45, 2.75) is 6.61 Å². The molecule has 0 atom stereocenters. The Labute approximate surface area is 107 Å². The van der Waals surface area contributed by atoms with Gasteiger partial charge in [-0.25, -0.2) is 4.39 Å². The molecule has 2 aromatic rings. The molecule has 0 bridgehead atoms. The molecule has 0 amide bonds. The molecule has 2 aromatic carbocycles. The standard InChI is InChI=1S/C13H11BrFNO/c14-12-5-4-9(6-13(12)16)8-17-11-3-1-2-10(15)7-11/h1-7H,8,16H2. The molecule has 4 heteroatoms. The zero-order chi connectivity index (χ0) is 12.3. The molecular formula is C13H11BrFNO. The largest absolute Gasteiger partial charge is 0.489 e. The van der Waals surface area contributed by atoms with Crippen LogP contribution in [0, 0.1) is 5.82 Å². The Hall–Kier alpha value is -1.55. The van der Waals surface area contributed by atoms with Crippen molar-refractivity contribution in [2.24, 2.45) is 0 Å². The van der Waals surface area contributed by atoms with E-state index in [0.29, 0.717) is 18.0 Å². The molecule has 88 valence electrons. The summed E-state index contributed by atoms with van der Waals surface area (Å²) in [5, 5.41) is 0. The molecule has 0 fully saturated rings. The molecule has 2 N–H and O–H groups in total. The maximum Gasteiger partial charge on any atom is 0.126 e. The van der Waals surface area contributed by atoms with E-state index in [0.717, 1.165) is 10.0 Å². The zero-order valence-corrected chi connectivity index (χ0v) is 10.6. The highest BCUT2D eigenvalue weighted by atomic mass is 79.9. The van der Waals surface area contributed by atoms with Crippen LogP contribution in [0.4, 0.5) is 10.1 Å². The van der Waals surface area contributed by atoms with Crippen molar-refractivity contribution in [3.05, 3.63) is 58.3 Å². The lowest BCUT2D eigenvalue weighted by molar-refractivity contribution is 0.304. The van der Waals surface area contributed by atoms with Crippen molar-refractivity contribution < 1.29 is 9.13 Å². The van der Waals surface area contributed by atoms with E-state index < -0.39 is 0 Å². The van der Waals surface area contributed by atoms with Gasteiger partial charge in [-0.2, -0.15) is 0 Å². The Morgan fingerprint density at radius 1 is 1.18 bits per heavy atom. The zero-order valence-electron chi connectivity index (χ0n) is 8.99. The van der Waals surface area contributed by atoms with Crippen molar-refractivity contribution in [1.29, 1.82) is 0 Å². The van der Waals surface area contributed by atoms with Crippen LogP contribution in [0.1, 0.15) is 5.56 Å². The first kappa shape index (κ1) is 11.9. The van der Waals surface area contributed by atoms with Gasteiger partial charge in [-0.05, 0) is 45.8 Å². The normalized spacial score (nSPS) is 10.2. The first-order valence-electron chi connectivity index (χ1n) is 5.07. The predicted octanol–water partition coefficient (Wildman–Crippen LogP) is 3.75. The van der Waals surface area contributed by atoms with E-state index in [4.69, 9.17) is 10.5 Å². The monoisotopic (exact) mass is 295 g/mol. The average molecular weight is 296 g/mol. The molecule has 2 rings (SSSR count). The summed E-state index contributed by atoms with van der Waals surface area (Å²) >= 11 is 3.32. The van der Waals surface area contributed by atoms with Crippen molar-refractivity contribution in [3.8, 4) is 5.75 Å². The van der Waals surface area contributed by atoms with Crippen LogP contribution in [0.15, 0.2) is 46.9 Å². The molecule has 0 aliphatic heterocycles. The van der Waals surface area contributed by atoms with Gasteiger partial charge in [0.05, 0.1) is 0 Å². The fourth-order valence-electron chi connectivity index (χ4n) is 1.41. The first-order valence-corrected chi connectivity index (χ1v) is 5.87. The van der Waals surface area contributed by atoms with Gasteiger partial charge >= 0.3 is 0 Å². The molecule has 0 unspecified atom stereocenters. The summed E-state index contributed by atoms with van der Waals surface area (Å²) in [6.45, 7) is 0.362. The van der Waals surface area contributed by atoms with Gasteiger partial charge in [0.25, 0.3) is 0 Å². The topological polar surface area (TPSA) is 35.2 Å². The maximum absolute atomic E-state index is 12.9. The minimum absolute atomic E-state index is 0.308. The lowest BCUT2D eigenvalue weighted by Crippen LogP contribution is -1.97. The summed E-state index contributed by atoms with van der Waals surface area (Å²) in [5.74, 6) is 0.198. The molecule has 0 saturated carbocycles. The quantitative estimate of drug-likeness (QED) is 0.875. The fourth-order valence-corrected chi connectivity index (χ4v) is 1.65. The number of anilines is 1. The Morgan fingerprint density at radius 2 is 2.00 bits per heavy atom. The van der Waals surface area contributed by atoms with E-state index in [1.165, 1.54) is 12.1 Å². The Morgan fingerprint density at radius 3 is 2.71 bits per heavy atom. The van der Waals surface area contributed by atoms with E-state index in [-0.39, 0.29) is 5.82 Å². The van der Waals surface area contributed by atoms with Crippen molar-refractivity contribution in [3.63, 3.8) is 0 Å². The number of hydrogen-bond acceptors (Lipinski definition) is 2. The third-order valence-corrected chi connectivity index (χ3v) is 2.98. The molecule has 2 nitrogen and oxygen atoms in total. The highest BCUT2D eigenvalue weighted by Gasteiger charge is 2.00. The number of benzene rings is 2. The lowest BCUT2D eigenvalue weighted by atomic mass is 10.2. The number of nitrogens with two attached hydrogens (primary N) is 1. The van der Waals surface area contributed by atoms with Gasteiger partial charge in [0, 0.05) is 16.2 Å². The first-order chi connectivity index (χ1) is 8.15. The van der Waals surface area contributed by atoms with Gasteiger partial charge in [0.1, 0.15) is 18.2 Å². The van der Waals surface area contributed by atoms with Crippen LogP contribution in [0.3, 0.4) is 0 Å². The smallest absolute Gasteiger partial charge is 0.126 e. The number of rotatable bonds is 3.